The molecular weight excluding hydrogens is 248 g/mol. The zero-order valence-electron chi connectivity index (χ0n) is 11.5. The molecule has 1 aliphatic heterocycles. The number of piperidine rings is 1. The molecule has 1 amide bonds. The minimum absolute atomic E-state index is 0. The van der Waals surface area contributed by atoms with Crippen molar-refractivity contribution in [2.24, 2.45) is 11.1 Å². The minimum atomic E-state index is -0.337. The van der Waals surface area contributed by atoms with Gasteiger partial charge in [0, 0.05) is 13.1 Å². The standard InChI is InChI=1S/C14H26N2O.ClH/c1-12(15)13(17)16-10-6-9-14(11-16)7-4-2-3-5-8-14;/h12H,2-11,15H2,1H3;1H/t12-;/m1./s1. The molecular formula is C14H27ClN2O. The fourth-order valence-corrected chi connectivity index (χ4v) is 3.57. The maximum absolute atomic E-state index is 12.0. The average Bonchev–Trinajstić information content (AvgIpc) is 2.54. The highest BCUT2D eigenvalue weighted by Gasteiger charge is 2.37. The van der Waals surface area contributed by atoms with Gasteiger partial charge in [-0.15, -0.1) is 12.4 Å². The fourth-order valence-electron chi connectivity index (χ4n) is 3.57. The first-order valence-corrected chi connectivity index (χ1v) is 7.17. The van der Waals surface area contributed by atoms with Gasteiger partial charge in [-0.2, -0.15) is 0 Å². The third-order valence-corrected chi connectivity index (χ3v) is 4.53. The molecule has 1 saturated heterocycles. The molecule has 1 aliphatic carbocycles. The summed E-state index contributed by atoms with van der Waals surface area (Å²) in [6.07, 6.45) is 10.6. The minimum Gasteiger partial charge on any atom is -0.341 e. The molecule has 0 bridgehead atoms. The van der Waals surface area contributed by atoms with Crippen molar-refractivity contribution in [2.45, 2.75) is 64.3 Å². The number of amides is 1. The summed E-state index contributed by atoms with van der Waals surface area (Å²) in [6.45, 7) is 3.69. The van der Waals surface area contributed by atoms with Crippen molar-refractivity contribution in [3.8, 4) is 0 Å². The maximum atomic E-state index is 12.0. The lowest BCUT2D eigenvalue weighted by Crippen LogP contribution is -2.50. The van der Waals surface area contributed by atoms with Crippen LogP contribution in [0.4, 0.5) is 0 Å². The highest BCUT2D eigenvalue weighted by molar-refractivity contribution is 5.85. The van der Waals surface area contributed by atoms with Gasteiger partial charge >= 0.3 is 0 Å². The lowest BCUT2D eigenvalue weighted by molar-refractivity contribution is -0.136. The van der Waals surface area contributed by atoms with Gasteiger partial charge in [0.05, 0.1) is 6.04 Å². The largest absolute Gasteiger partial charge is 0.341 e. The SMILES string of the molecule is C[C@@H](N)C(=O)N1CCCC2(CCCCCC2)C1.Cl. The van der Waals surface area contributed by atoms with E-state index in [0.717, 1.165) is 13.1 Å². The van der Waals surface area contributed by atoms with E-state index in [2.05, 4.69) is 0 Å². The van der Waals surface area contributed by atoms with Crippen LogP contribution in [0, 0.1) is 5.41 Å². The van der Waals surface area contributed by atoms with E-state index in [0.29, 0.717) is 5.41 Å². The Balaban J connectivity index is 0.00000162. The number of carbonyl (C=O) groups is 1. The van der Waals surface area contributed by atoms with Crippen LogP contribution in [0.1, 0.15) is 58.3 Å². The van der Waals surface area contributed by atoms with Gasteiger partial charge in [0.15, 0.2) is 0 Å². The van der Waals surface area contributed by atoms with Crippen LogP contribution in [0.5, 0.6) is 0 Å². The predicted octanol–water partition coefficient (Wildman–Crippen LogP) is 2.72. The number of likely N-dealkylation sites (tertiary alicyclic amines) is 1. The van der Waals surface area contributed by atoms with Crippen molar-refractivity contribution >= 4 is 18.3 Å². The topological polar surface area (TPSA) is 46.3 Å². The Morgan fingerprint density at radius 3 is 2.22 bits per heavy atom. The van der Waals surface area contributed by atoms with E-state index in [1.807, 2.05) is 4.90 Å². The predicted molar refractivity (Wildman–Crippen MR) is 76.8 cm³/mol. The van der Waals surface area contributed by atoms with E-state index in [1.54, 1.807) is 6.92 Å². The van der Waals surface area contributed by atoms with Gasteiger partial charge in [-0.1, -0.05) is 25.7 Å². The molecule has 2 rings (SSSR count). The quantitative estimate of drug-likeness (QED) is 0.799. The highest BCUT2D eigenvalue weighted by atomic mass is 35.5. The Kier molecular flexibility index (Phi) is 5.93. The molecule has 4 heteroatoms. The molecule has 0 aromatic rings. The third-order valence-electron chi connectivity index (χ3n) is 4.53. The number of rotatable bonds is 1. The van der Waals surface area contributed by atoms with Crippen molar-refractivity contribution in [3.63, 3.8) is 0 Å². The van der Waals surface area contributed by atoms with Crippen LogP contribution >= 0.6 is 12.4 Å². The van der Waals surface area contributed by atoms with Crippen molar-refractivity contribution in [1.82, 2.24) is 4.90 Å². The van der Waals surface area contributed by atoms with Gasteiger partial charge in [0.1, 0.15) is 0 Å². The Morgan fingerprint density at radius 2 is 1.67 bits per heavy atom. The van der Waals surface area contributed by atoms with Crippen molar-refractivity contribution in [2.75, 3.05) is 13.1 Å². The van der Waals surface area contributed by atoms with Gasteiger partial charge in [0.25, 0.3) is 0 Å². The van der Waals surface area contributed by atoms with E-state index in [1.165, 1.54) is 51.4 Å². The van der Waals surface area contributed by atoms with Crippen molar-refractivity contribution < 1.29 is 4.79 Å². The first-order chi connectivity index (χ1) is 8.13. The van der Waals surface area contributed by atoms with Crippen LogP contribution in [0.25, 0.3) is 0 Å². The maximum Gasteiger partial charge on any atom is 0.239 e. The molecule has 0 aromatic carbocycles. The normalized spacial score (nSPS) is 25.1. The lowest BCUT2D eigenvalue weighted by atomic mass is 9.74. The van der Waals surface area contributed by atoms with E-state index < -0.39 is 0 Å². The molecule has 0 unspecified atom stereocenters. The summed E-state index contributed by atoms with van der Waals surface area (Å²) in [5.41, 5.74) is 6.15. The molecule has 2 N–H and O–H groups in total. The Hall–Kier alpha value is -0.280. The molecule has 106 valence electrons. The highest BCUT2D eigenvalue weighted by Crippen LogP contribution is 2.42. The summed E-state index contributed by atoms with van der Waals surface area (Å²) in [5.74, 6) is 0.147. The molecule has 0 aromatic heterocycles. The van der Waals surface area contributed by atoms with Crippen LogP contribution in [0.15, 0.2) is 0 Å². The molecule has 1 atom stereocenters. The van der Waals surface area contributed by atoms with Crippen molar-refractivity contribution in [1.29, 1.82) is 0 Å². The van der Waals surface area contributed by atoms with E-state index in [9.17, 15) is 4.79 Å². The molecule has 1 heterocycles. The summed E-state index contributed by atoms with van der Waals surface area (Å²) >= 11 is 0. The van der Waals surface area contributed by atoms with Crippen LogP contribution in [-0.4, -0.2) is 29.9 Å². The first kappa shape index (κ1) is 15.8. The monoisotopic (exact) mass is 274 g/mol. The first-order valence-electron chi connectivity index (χ1n) is 7.17. The summed E-state index contributed by atoms with van der Waals surface area (Å²) in [4.78, 5) is 14.0. The van der Waals surface area contributed by atoms with Crippen LogP contribution < -0.4 is 5.73 Å². The number of carbonyl (C=O) groups excluding carboxylic acids is 1. The second-order valence-corrected chi connectivity index (χ2v) is 6.07. The summed E-state index contributed by atoms with van der Waals surface area (Å²) in [7, 11) is 0. The van der Waals surface area contributed by atoms with Gasteiger partial charge in [-0.25, -0.2) is 0 Å². The number of nitrogens with two attached hydrogens (primary N) is 1. The van der Waals surface area contributed by atoms with Crippen LogP contribution in [0.2, 0.25) is 0 Å². The summed E-state index contributed by atoms with van der Waals surface area (Å²) in [5, 5.41) is 0. The molecule has 18 heavy (non-hydrogen) atoms. The summed E-state index contributed by atoms with van der Waals surface area (Å²) in [6, 6.07) is -0.337. The van der Waals surface area contributed by atoms with Crippen LogP contribution in [-0.2, 0) is 4.79 Å². The molecule has 3 nitrogen and oxygen atoms in total. The van der Waals surface area contributed by atoms with Gasteiger partial charge in [-0.05, 0) is 38.0 Å². The number of halogens is 1. The zero-order valence-corrected chi connectivity index (χ0v) is 12.3. The number of nitrogens with zero attached hydrogens (tertiary/aromatic N) is 1. The van der Waals surface area contributed by atoms with Gasteiger partial charge in [-0.3, -0.25) is 4.79 Å². The average molecular weight is 275 g/mol. The number of hydrogen-bond donors (Lipinski definition) is 1. The Labute approximate surface area is 117 Å². The zero-order chi connectivity index (χ0) is 12.3. The van der Waals surface area contributed by atoms with E-state index in [-0.39, 0.29) is 24.4 Å². The smallest absolute Gasteiger partial charge is 0.239 e. The van der Waals surface area contributed by atoms with E-state index >= 15 is 0 Å². The van der Waals surface area contributed by atoms with Gasteiger partial charge < -0.3 is 10.6 Å². The van der Waals surface area contributed by atoms with Crippen LogP contribution in [0.3, 0.4) is 0 Å². The van der Waals surface area contributed by atoms with Gasteiger partial charge in [0.2, 0.25) is 5.91 Å². The molecule has 2 fully saturated rings. The number of hydrogen-bond acceptors (Lipinski definition) is 2. The molecule has 2 aliphatic rings. The summed E-state index contributed by atoms with van der Waals surface area (Å²) < 4.78 is 0. The molecule has 1 spiro atoms. The van der Waals surface area contributed by atoms with Crippen molar-refractivity contribution in [3.05, 3.63) is 0 Å². The second-order valence-electron chi connectivity index (χ2n) is 6.07. The second kappa shape index (κ2) is 6.76. The fraction of sp³-hybridized carbons (Fsp3) is 0.929. The third kappa shape index (κ3) is 3.61. The Morgan fingerprint density at radius 1 is 1.11 bits per heavy atom. The molecule has 0 radical (unpaired) electrons. The lowest BCUT2D eigenvalue weighted by Gasteiger charge is -2.43. The van der Waals surface area contributed by atoms with E-state index in [4.69, 9.17) is 5.73 Å². The molecule has 1 saturated carbocycles. The Bertz CT molecular complexity index is 273.